The van der Waals surface area contributed by atoms with Crippen LogP contribution in [0.4, 0.5) is 4.39 Å². The molecule has 3 aromatic rings. The number of carboxylic acid groups (broad SMARTS) is 1. The number of fused-ring (bicyclic) bond motifs is 1. The van der Waals surface area contributed by atoms with Crippen molar-refractivity contribution in [2.24, 2.45) is 0 Å². The quantitative estimate of drug-likeness (QED) is 0.488. The van der Waals surface area contributed by atoms with Gasteiger partial charge in [0.15, 0.2) is 5.78 Å². The molecule has 4 rings (SSSR count). The molecule has 0 radical (unpaired) electrons. The molecule has 140 valence electrons. The van der Waals surface area contributed by atoms with Gasteiger partial charge < -0.3 is 5.11 Å². The van der Waals surface area contributed by atoms with E-state index in [1.807, 2.05) is 24.3 Å². The van der Waals surface area contributed by atoms with Crippen LogP contribution in [-0.4, -0.2) is 21.8 Å². The van der Waals surface area contributed by atoms with Gasteiger partial charge in [0, 0.05) is 22.4 Å². The summed E-state index contributed by atoms with van der Waals surface area (Å²) in [7, 11) is 0. The summed E-state index contributed by atoms with van der Waals surface area (Å²) in [5, 5.41) is 9.74. The summed E-state index contributed by atoms with van der Waals surface area (Å²) in [6.07, 6.45) is 4.47. The molecule has 0 aliphatic heterocycles. The van der Waals surface area contributed by atoms with Gasteiger partial charge in [-0.15, -0.1) is 0 Å². The first kappa shape index (κ1) is 18.0. The lowest BCUT2D eigenvalue weighted by atomic mass is 9.92. The highest BCUT2D eigenvalue weighted by Crippen LogP contribution is 2.45. The van der Waals surface area contributed by atoms with Crippen LogP contribution in [0.25, 0.3) is 28.1 Å². The van der Waals surface area contributed by atoms with Crippen molar-refractivity contribution < 1.29 is 19.1 Å². The molecule has 2 aromatic carbocycles. The van der Waals surface area contributed by atoms with Gasteiger partial charge in [0.05, 0.1) is 11.2 Å². The molecule has 0 amide bonds. The smallest absolute Gasteiger partial charge is 0.311 e. The minimum atomic E-state index is -1.16. The lowest BCUT2D eigenvalue weighted by molar-refractivity contribution is -0.139. The van der Waals surface area contributed by atoms with E-state index < -0.39 is 18.2 Å². The van der Waals surface area contributed by atoms with Crippen molar-refractivity contribution >= 4 is 28.7 Å². The Labute approximate surface area is 161 Å². The van der Waals surface area contributed by atoms with Gasteiger partial charge in [0.25, 0.3) is 0 Å². The molecule has 5 heteroatoms. The maximum Gasteiger partial charge on any atom is 0.311 e. The summed E-state index contributed by atoms with van der Waals surface area (Å²) in [5.41, 5.74) is 4.25. The van der Waals surface area contributed by atoms with E-state index in [4.69, 9.17) is 10.1 Å². The molecular formula is C23H18FNO3. The number of hydrogen-bond acceptors (Lipinski definition) is 3. The molecule has 1 aliphatic carbocycles. The lowest BCUT2D eigenvalue weighted by Crippen LogP contribution is -2.04. The van der Waals surface area contributed by atoms with Crippen molar-refractivity contribution in [1.82, 2.24) is 4.98 Å². The van der Waals surface area contributed by atoms with Crippen molar-refractivity contribution in [2.75, 3.05) is 0 Å². The Morgan fingerprint density at radius 2 is 1.82 bits per heavy atom. The summed E-state index contributed by atoms with van der Waals surface area (Å²) < 4.78 is 13.5. The average Bonchev–Trinajstić information content (AvgIpc) is 3.51. The first-order valence-electron chi connectivity index (χ1n) is 9.14. The zero-order valence-electron chi connectivity index (χ0n) is 15.1. The van der Waals surface area contributed by atoms with Crippen LogP contribution in [0.15, 0.2) is 54.6 Å². The molecule has 1 aliphatic rings. The Morgan fingerprint density at radius 1 is 1.11 bits per heavy atom. The fraction of sp³-hybridized carbons (Fsp3) is 0.174. The van der Waals surface area contributed by atoms with Crippen molar-refractivity contribution in [3.8, 4) is 11.1 Å². The maximum atomic E-state index is 13.5. The van der Waals surface area contributed by atoms with E-state index in [0.717, 1.165) is 46.1 Å². The number of allylic oxidation sites excluding steroid dienone is 1. The van der Waals surface area contributed by atoms with Gasteiger partial charge in [-0.1, -0.05) is 30.3 Å². The number of benzene rings is 2. The van der Waals surface area contributed by atoms with Crippen LogP contribution in [0.1, 0.15) is 36.4 Å². The highest BCUT2D eigenvalue weighted by Gasteiger charge is 2.29. The van der Waals surface area contributed by atoms with E-state index in [1.54, 1.807) is 18.2 Å². The van der Waals surface area contributed by atoms with E-state index in [1.165, 1.54) is 18.2 Å². The third-order valence-corrected chi connectivity index (χ3v) is 4.82. The number of halogens is 1. The topological polar surface area (TPSA) is 67.3 Å². The van der Waals surface area contributed by atoms with Crippen LogP contribution in [-0.2, 0) is 9.59 Å². The van der Waals surface area contributed by atoms with Crippen molar-refractivity contribution in [1.29, 1.82) is 0 Å². The molecule has 0 unspecified atom stereocenters. The van der Waals surface area contributed by atoms with Crippen LogP contribution in [0.3, 0.4) is 0 Å². The van der Waals surface area contributed by atoms with Crippen LogP contribution in [0, 0.1) is 5.82 Å². The normalized spacial score (nSPS) is 13.9. The first-order chi connectivity index (χ1) is 13.5. The molecule has 1 saturated carbocycles. The highest BCUT2D eigenvalue weighted by molar-refractivity contribution is 6.05. The number of nitrogens with zero attached hydrogens (tertiary/aromatic N) is 1. The zero-order chi connectivity index (χ0) is 19.7. The highest BCUT2D eigenvalue weighted by atomic mass is 19.1. The second kappa shape index (κ2) is 7.35. The van der Waals surface area contributed by atoms with Gasteiger partial charge in [0.2, 0.25) is 0 Å². The Bertz CT molecular complexity index is 1100. The van der Waals surface area contributed by atoms with E-state index in [0.29, 0.717) is 5.92 Å². The summed E-state index contributed by atoms with van der Waals surface area (Å²) in [6, 6.07) is 14.0. The maximum absolute atomic E-state index is 13.5. The lowest BCUT2D eigenvalue weighted by Gasteiger charge is -2.15. The number of hydrogen-bond donors (Lipinski definition) is 1. The van der Waals surface area contributed by atoms with Gasteiger partial charge in [-0.25, -0.2) is 4.39 Å². The third kappa shape index (κ3) is 3.69. The van der Waals surface area contributed by atoms with E-state index in [2.05, 4.69) is 0 Å². The molecule has 1 heterocycles. The van der Waals surface area contributed by atoms with Gasteiger partial charge in [-0.05, 0) is 48.8 Å². The predicted octanol–water partition coefficient (Wildman–Crippen LogP) is 4.98. The largest absolute Gasteiger partial charge is 0.481 e. The van der Waals surface area contributed by atoms with Gasteiger partial charge in [-0.3, -0.25) is 14.6 Å². The Balaban J connectivity index is 1.94. The van der Waals surface area contributed by atoms with Gasteiger partial charge in [0.1, 0.15) is 12.2 Å². The molecule has 4 nitrogen and oxygen atoms in total. The fourth-order valence-electron chi connectivity index (χ4n) is 3.39. The minimum absolute atomic E-state index is 0.318. The van der Waals surface area contributed by atoms with Crippen LogP contribution < -0.4 is 0 Å². The van der Waals surface area contributed by atoms with Crippen LogP contribution >= 0.6 is 0 Å². The first-order valence-corrected chi connectivity index (χ1v) is 9.14. The molecule has 1 aromatic heterocycles. The summed E-state index contributed by atoms with van der Waals surface area (Å²) in [6.45, 7) is 0. The summed E-state index contributed by atoms with van der Waals surface area (Å²) >= 11 is 0. The molecule has 0 spiro atoms. The predicted molar refractivity (Wildman–Crippen MR) is 105 cm³/mol. The second-order valence-electron chi connectivity index (χ2n) is 6.95. The molecule has 0 bridgehead atoms. The monoisotopic (exact) mass is 375 g/mol. The molecule has 1 fully saturated rings. The number of aliphatic carboxylic acids is 1. The number of ketones is 1. The number of carboxylic acids is 1. The fourth-order valence-corrected chi connectivity index (χ4v) is 3.39. The number of pyridine rings is 1. The second-order valence-corrected chi connectivity index (χ2v) is 6.95. The van der Waals surface area contributed by atoms with E-state index in [-0.39, 0.29) is 5.82 Å². The zero-order valence-corrected chi connectivity index (χ0v) is 15.1. The van der Waals surface area contributed by atoms with E-state index in [9.17, 15) is 14.0 Å². The SMILES string of the molecule is O=C(O)CC(=O)/C=C/c1c(C2CC2)nc2ccccc2c1-c1ccc(F)cc1. The number of rotatable bonds is 6. The molecule has 1 N–H and O–H groups in total. The molecule has 0 atom stereocenters. The number of aromatic nitrogens is 1. The summed E-state index contributed by atoms with van der Waals surface area (Å²) in [5.74, 6) is -1.64. The standard InChI is InChI=1S/C23H18FNO3/c24-16-9-7-14(8-10-16)22-18-3-1-2-4-20(18)25-23(15-5-6-15)19(22)12-11-17(26)13-21(27)28/h1-4,7-12,15H,5-6,13H2,(H,27,28)/b12-11+. The van der Waals surface area contributed by atoms with Crippen LogP contribution in [0.2, 0.25) is 0 Å². The van der Waals surface area contributed by atoms with Crippen molar-refractivity contribution in [3.63, 3.8) is 0 Å². The number of para-hydroxylation sites is 1. The van der Waals surface area contributed by atoms with Gasteiger partial charge in [-0.2, -0.15) is 0 Å². The Hall–Kier alpha value is -3.34. The van der Waals surface area contributed by atoms with Crippen LogP contribution in [0.5, 0.6) is 0 Å². The minimum Gasteiger partial charge on any atom is -0.481 e. The number of carbonyl (C=O) groups is 2. The van der Waals surface area contributed by atoms with Gasteiger partial charge >= 0.3 is 5.97 Å². The Kier molecular flexibility index (Phi) is 4.74. The summed E-state index contributed by atoms with van der Waals surface area (Å²) in [4.78, 5) is 27.6. The third-order valence-electron chi connectivity index (χ3n) is 4.82. The average molecular weight is 375 g/mol. The number of carbonyl (C=O) groups excluding carboxylic acids is 1. The molecule has 0 saturated heterocycles. The van der Waals surface area contributed by atoms with Crippen molar-refractivity contribution in [3.05, 3.63) is 71.7 Å². The van der Waals surface area contributed by atoms with E-state index >= 15 is 0 Å². The van der Waals surface area contributed by atoms with Crippen molar-refractivity contribution in [2.45, 2.75) is 25.2 Å². The molecular weight excluding hydrogens is 357 g/mol. The molecule has 28 heavy (non-hydrogen) atoms. The Morgan fingerprint density at radius 3 is 2.50 bits per heavy atom.